The first-order chi connectivity index (χ1) is 8.12. The highest BCUT2D eigenvalue weighted by molar-refractivity contribution is 7.86. The summed E-state index contributed by atoms with van der Waals surface area (Å²) in [6, 6.07) is 3.61. The molecule has 0 aromatic heterocycles. The summed E-state index contributed by atoms with van der Waals surface area (Å²) in [5.41, 5.74) is -0.190. The van der Waals surface area contributed by atoms with Gasteiger partial charge in [-0.15, -0.1) is 0 Å². The van der Waals surface area contributed by atoms with E-state index in [1.165, 1.54) is 0 Å². The van der Waals surface area contributed by atoms with Gasteiger partial charge in [0.05, 0.1) is 10.5 Å². The number of hydrogen-bond donors (Lipinski definition) is 1. The number of carbonyl (C=O) groups is 1. The van der Waals surface area contributed by atoms with Gasteiger partial charge in [0.25, 0.3) is 10.1 Å². The molecule has 0 radical (unpaired) electrons. The van der Waals surface area contributed by atoms with Crippen LogP contribution in [0.3, 0.4) is 0 Å². The molecule has 0 aliphatic carbocycles. The molecule has 0 heterocycles. The summed E-state index contributed by atoms with van der Waals surface area (Å²) in [7, 11) is -4.55. The second-order valence-corrected chi connectivity index (χ2v) is 4.78. The Morgan fingerprint density at radius 3 is 2.11 bits per heavy atom. The molecular weight excluding hydrogens is 277 g/mol. The second kappa shape index (κ2) is 4.94. The second-order valence-electron chi connectivity index (χ2n) is 3.16. The van der Waals surface area contributed by atoms with E-state index >= 15 is 0 Å². The zero-order valence-electron chi connectivity index (χ0n) is 8.64. The first-order valence-corrected chi connectivity index (χ1v) is 5.82. The largest absolute Gasteiger partial charge is 0.478 e. The Kier molecular flexibility index (Phi) is 3.97. The van der Waals surface area contributed by atoms with Crippen molar-refractivity contribution < 1.29 is 35.7 Å². The fourth-order valence-electron chi connectivity index (χ4n) is 0.977. The van der Waals surface area contributed by atoms with Crippen LogP contribution in [0.25, 0.3) is 0 Å². The van der Waals surface area contributed by atoms with E-state index in [4.69, 9.17) is 5.11 Å². The number of rotatable bonds is 4. The summed E-state index contributed by atoms with van der Waals surface area (Å²) < 4.78 is 61.8. The maximum atomic E-state index is 11.8. The van der Waals surface area contributed by atoms with Crippen molar-refractivity contribution in [1.29, 1.82) is 0 Å². The molecule has 1 rings (SSSR count). The SMILES string of the molecule is O=C(O)c1ccc(S(=O)(=O)OCC(F)(F)F)cc1. The van der Waals surface area contributed by atoms with Crippen LogP contribution in [0.4, 0.5) is 13.2 Å². The lowest BCUT2D eigenvalue weighted by Crippen LogP contribution is -2.20. The minimum atomic E-state index is -4.77. The number of alkyl halides is 3. The van der Waals surface area contributed by atoms with Crippen LogP contribution in [0.5, 0.6) is 0 Å². The smallest absolute Gasteiger partial charge is 0.413 e. The molecule has 18 heavy (non-hydrogen) atoms. The number of carboxylic acid groups (broad SMARTS) is 1. The van der Waals surface area contributed by atoms with Crippen LogP contribution in [-0.4, -0.2) is 32.3 Å². The van der Waals surface area contributed by atoms with E-state index in [0.717, 1.165) is 24.3 Å². The van der Waals surface area contributed by atoms with Crippen molar-refractivity contribution in [2.45, 2.75) is 11.1 Å². The van der Waals surface area contributed by atoms with Crippen molar-refractivity contribution in [3.05, 3.63) is 29.8 Å². The number of aromatic carboxylic acids is 1. The average molecular weight is 284 g/mol. The lowest BCUT2D eigenvalue weighted by Gasteiger charge is -2.08. The third kappa shape index (κ3) is 4.00. The van der Waals surface area contributed by atoms with Gasteiger partial charge in [0.1, 0.15) is 0 Å². The number of benzene rings is 1. The zero-order valence-corrected chi connectivity index (χ0v) is 9.46. The Bertz CT molecular complexity index is 532. The first-order valence-electron chi connectivity index (χ1n) is 4.41. The summed E-state index contributed by atoms with van der Waals surface area (Å²) in [4.78, 5) is 9.94. The van der Waals surface area contributed by atoms with Crippen molar-refractivity contribution >= 4 is 16.1 Å². The van der Waals surface area contributed by atoms with Crippen molar-refractivity contribution in [1.82, 2.24) is 0 Å². The monoisotopic (exact) mass is 284 g/mol. The normalized spacial score (nSPS) is 12.4. The molecule has 0 saturated heterocycles. The summed E-state index contributed by atoms with van der Waals surface area (Å²) in [6.45, 7) is -1.93. The van der Waals surface area contributed by atoms with Gasteiger partial charge in [0, 0.05) is 0 Å². The quantitative estimate of drug-likeness (QED) is 0.850. The molecule has 9 heteroatoms. The van der Waals surface area contributed by atoms with Gasteiger partial charge >= 0.3 is 12.1 Å². The number of halogens is 3. The highest BCUT2D eigenvalue weighted by atomic mass is 32.2. The molecule has 0 bridgehead atoms. The fourth-order valence-corrected chi connectivity index (χ4v) is 1.87. The third-order valence-electron chi connectivity index (χ3n) is 1.77. The average Bonchev–Trinajstić information content (AvgIpc) is 2.26. The molecule has 0 atom stereocenters. The lowest BCUT2D eigenvalue weighted by molar-refractivity contribution is -0.152. The van der Waals surface area contributed by atoms with Gasteiger partial charge in [-0.1, -0.05) is 0 Å². The molecule has 0 aliphatic rings. The molecule has 0 fully saturated rings. The van der Waals surface area contributed by atoms with E-state index in [2.05, 4.69) is 4.18 Å². The van der Waals surface area contributed by atoms with Crippen molar-refractivity contribution in [3.63, 3.8) is 0 Å². The van der Waals surface area contributed by atoms with Gasteiger partial charge in [-0.05, 0) is 24.3 Å². The van der Waals surface area contributed by atoms with Gasteiger partial charge in [0.2, 0.25) is 0 Å². The third-order valence-corrected chi connectivity index (χ3v) is 3.05. The highest BCUT2D eigenvalue weighted by Gasteiger charge is 2.31. The predicted octanol–water partition coefficient (Wildman–Crippen LogP) is 1.65. The Balaban J connectivity index is 2.89. The molecule has 100 valence electrons. The van der Waals surface area contributed by atoms with Crippen LogP contribution in [0, 0.1) is 0 Å². The fraction of sp³-hybridized carbons (Fsp3) is 0.222. The molecule has 0 aliphatic heterocycles. The van der Waals surface area contributed by atoms with Gasteiger partial charge in [-0.25, -0.2) is 4.79 Å². The Morgan fingerprint density at radius 1 is 1.22 bits per heavy atom. The Hall–Kier alpha value is -1.61. The molecule has 0 amide bonds. The summed E-state index contributed by atoms with van der Waals surface area (Å²) >= 11 is 0. The highest BCUT2D eigenvalue weighted by Crippen LogP contribution is 2.19. The van der Waals surface area contributed by atoms with E-state index in [1.54, 1.807) is 0 Å². The predicted molar refractivity (Wildman–Crippen MR) is 52.6 cm³/mol. The summed E-state index contributed by atoms with van der Waals surface area (Å²) in [5, 5.41) is 8.56. The van der Waals surface area contributed by atoms with E-state index < -0.39 is 33.8 Å². The van der Waals surface area contributed by atoms with Crippen molar-refractivity contribution in [3.8, 4) is 0 Å². The Morgan fingerprint density at radius 2 is 1.72 bits per heavy atom. The molecule has 0 unspecified atom stereocenters. The molecule has 0 spiro atoms. The van der Waals surface area contributed by atoms with E-state index in [1.807, 2.05) is 0 Å². The lowest BCUT2D eigenvalue weighted by atomic mass is 10.2. The van der Waals surface area contributed by atoms with Crippen molar-refractivity contribution in [2.75, 3.05) is 6.61 Å². The van der Waals surface area contributed by atoms with E-state index in [9.17, 15) is 26.4 Å². The standard InChI is InChI=1S/C9H7F3O5S/c10-9(11,12)5-17-18(15,16)7-3-1-6(2-4-7)8(13)14/h1-4H,5H2,(H,13,14). The summed E-state index contributed by atoms with van der Waals surface area (Å²) in [6.07, 6.45) is -4.77. The number of hydrogen-bond acceptors (Lipinski definition) is 4. The van der Waals surface area contributed by atoms with Crippen LogP contribution in [0.15, 0.2) is 29.2 Å². The molecule has 1 N–H and O–H groups in total. The van der Waals surface area contributed by atoms with Crippen LogP contribution >= 0.6 is 0 Å². The number of carboxylic acids is 1. The van der Waals surface area contributed by atoms with Gasteiger partial charge in [-0.2, -0.15) is 21.6 Å². The first kappa shape index (κ1) is 14.5. The zero-order chi connectivity index (χ0) is 14.0. The van der Waals surface area contributed by atoms with Crippen LogP contribution in [0.1, 0.15) is 10.4 Å². The summed E-state index contributed by atoms with van der Waals surface area (Å²) in [5.74, 6) is -1.28. The van der Waals surface area contributed by atoms with Crippen LogP contribution in [-0.2, 0) is 14.3 Å². The Labute approximate surface area is 99.9 Å². The van der Waals surface area contributed by atoms with E-state index in [-0.39, 0.29) is 5.56 Å². The minimum Gasteiger partial charge on any atom is -0.478 e. The molecule has 0 saturated carbocycles. The topological polar surface area (TPSA) is 80.7 Å². The van der Waals surface area contributed by atoms with E-state index in [0.29, 0.717) is 0 Å². The molecule has 1 aromatic rings. The maximum Gasteiger partial charge on any atom is 0.413 e. The van der Waals surface area contributed by atoms with Crippen LogP contribution < -0.4 is 0 Å². The maximum absolute atomic E-state index is 11.8. The minimum absolute atomic E-state index is 0.190. The molecule has 1 aromatic carbocycles. The van der Waals surface area contributed by atoms with Crippen molar-refractivity contribution in [2.24, 2.45) is 0 Å². The van der Waals surface area contributed by atoms with Crippen LogP contribution in [0.2, 0.25) is 0 Å². The molecular formula is C9H7F3O5S. The van der Waals surface area contributed by atoms with Gasteiger partial charge < -0.3 is 5.11 Å². The molecule has 5 nitrogen and oxygen atoms in total. The van der Waals surface area contributed by atoms with Gasteiger partial charge in [0.15, 0.2) is 6.61 Å². The van der Waals surface area contributed by atoms with Gasteiger partial charge in [-0.3, -0.25) is 4.18 Å².